The highest BCUT2D eigenvalue weighted by Crippen LogP contribution is 2.39. The van der Waals surface area contributed by atoms with Gasteiger partial charge in [0, 0.05) is 11.1 Å². The van der Waals surface area contributed by atoms with Crippen LogP contribution in [0.25, 0.3) is 16.7 Å². The summed E-state index contributed by atoms with van der Waals surface area (Å²) in [6.07, 6.45) is 5.16. The van der Waals surface area contributed by atoms with Gasteiger partial charge < -0.3 is 24.1 Å². The number of pyridine rings is 2. The molecular weight excluding hydrogens is 582 g/mol. The third-order valence-electron chi connectivity index (χ3n) is 8.03. The van der Waals surface area contributed by atoms with Crippen LogP contribution in [0.1, 0.15) is 62.0 Å². The van der Waals surface area contributed by atoms with Gasteiger partial charge in [0.25, 0.3) is 11.5 Å². The van der Waals surface area contributed by atoms with E-state index in [1.165, 1.54) is 21.8 Å². The SMILES string of the molecule is CCOC(=O)c1c(NC(=O)c2cc3c(=O)n4cccc(C)c4nc3n(Cc3ccc4c(c3)OCO4)c2=N)sc2c1CCCC2. The number of benzene rings is 1. The largest absolute Gasteiger partial charge is 0.462 e. The van der Waals surface area contributed by atoms with E-state index < -0.39 is 11.9 Å². The number of ether oxygens (including phenoxy) is 3. The minimum Gasteiger partial charge on any atom is -0.462 e. The summed E-state index contributed by atoms with van der Waals surface area (Å²) in [5.41, 5.74) is 3.09. The highest BCUT2D eigenvalue weighted by Gasteiger charge is 2.28. The summed E-state index contributed by atoms with van der Waals surface area (Å²) in [5, 5.41) is 12.7. The van der Waals surface area contributed by atoms with E-state index in [0.29, 0.717) is 27.7 Å². The van der Waals surface area contributed by atoms with E-state index in [4.69, 9.17) is 19.2 Å². The van der Waals surface area contributed by atoms with Crippen molar-refractivity contribution in [1.29, 1.82) is 5.41 Å². The van der Waals surface area contributed by atoms with Gasteiger partial charge in [-0.2, -0.15) is 0 Å². The van der Waals surface area contributed by atoms with Crippen LogP contribution in [-0.4, -0.2) is 39.2 Å². The third-order valence-corrected chi connectivity index (χ3v) is 9.24. The number of nitrogens with one attached hydrogen (secondary N) is 2. The molecule has 5 aromatic rings. The van der Waals surface area contributed by atoms with Crippen molar-refractivity contribution in [1.82, 2.24) is 14.0 Å². The molecule has 2 N–H and O–H groups in total. The summed E-state index contributed by atoms with van der Waals surface area (Å²) in [7, 11) is 0. The smallest absolute Gasteiger partial charge is 0.341 e. The molecule has 224 valence electrons. The van der Waals surface area contributed by atoms with Crippen LogP contribution in [0.4, 0.5) is 5.00 Å². The maximum absolute atomic E-state index is 14.0. The molecule has 1 aliphatic heterocycles. The van der Waals surface area contributed by atoms with Gasteiger partial charge in [-0.25, -0.2) is 9.78 Å². The molecule has 1 amide bonds. The number of thiophene rings is 1. The van der Waals surface area contributed by atoms with Crippen LogP contribution in [0.5, 0.6) is 11.5 Å². The van der Waals surface area contributed by atoms with E-state index in [-0.39, 0.29) is 47.6 Å². The van der Waals surface area contributed by atoms with Gasteiger partial charge in [-0.1, -0.05) is 12.1 Å². The van der Waals surface area contributed by atoms with E-state index in [2.05, 4.69) is 5.32 Å². The van der Waals surface area contributed by atoms with Gasteiger partial charge in [0.05, 0.1) is 29.7 Å². The maximum atomic E-state index is 14.0. The average molecular weight is 612 g/mol. The predicted octanol–water partition coefficient (Wildman–Crippen LogP) is 4.58. The second-order valence-electron chi connectivity index (χ2n) is 10.8. The zero-order valence-electron chi connectivity index (χ0n) is 24.2. The molecule has 12 heteroatoms. The topological polar surface area (TPSA) is 137 Å². The number of anilines is 1. The molecule has 5 heterocycles. The van der Waals surface area contributed by atoms with Crippen LogP contribution in [0.15, 0.2) is 47.4 Å². The van der Waals surface area contributed by atoms with Crippen molar-refractivity contribution in [2.75, 3.05) is 18.7 Å². The summed E-state index contributed by atoms with van der Waals surface area (Å²) in [5.74, 6) is 0.121. The Morgan fingerprint density at radius 3 is 2.77 bits per heavy atom. The molecule has 0 saturated carbocycles. The molecule has 0 radical (unpaired) electrons. The first-order valence-corrected chi connectivity index (χ1v) is 15.3. The molecule has 0 unspecified atom stereocenters. The number of carbonyl (C=O) groups excluding carboxylic acids is 2. The Balaban J connectivity index is 1.39. The number of hydrogen-bond acceptors (Lipinski definition) is 9. The second kappa shape index (κ2) is 10.9. The van der Waals surface area contributed by atoms with Gasteiger partial charge in [0.15, 0.2) is 11.5 Å². The van der Waals surface area contributed by atoms with Gasteiger partial charge in [-0.05, 0) is 80.5 Å². The molecule has 0 spiro atoms. The molecule has 4 aromatic heterocycles. The Hall–Kier alpha value is -4.97. The van der Waals surface area contributed by atoms with E-state index in [0.717, 1.165) is 47.3 Å². The molecule has 44 heavy (non-hydrogen) atoms. The van der Waals surface area contributed by atoms with Crippen molar-refractivity contribution in [3.63, 3.8) is 0 Å². The van der Waals surface area contributed by atoms with Gasteiger partial charge in [-0.15, -0.1) is 11.3 Å². The number of aromatic nitrogens is 3. The summed E-state index contributed by atoms with van der Waals surface area (Å²) < 4.78 is 19.3. The molecule has 2 aliphatic rings. The fraction of sp³-hybridized carbons (Fsp3) is 0.281. The summed E-state index contributed by atoms with van der Waals surface area (Å²) in [6.45, 7) is 4.08. The molecule has 0 bridgehead atoms. The zero-order chi connectivity index (χ0) is 30.5. The van der Waals surface area contributed by atoms with E-state index in [1.807, 2.05) is 25.1 Å². The molecule has 11 nitrogen and oxygen atoms in total. The highest BCUT2D eigenvalue weighted by atomic mass is 32.1. The van der Waals surface area contributed by atoms with E-state index in [9.17, 15) is 19.8 Å². The highest BCUT2D eigenvalue weighted by molar-refractivity contribution is 7.17. The van der Waals surface area contributed by atoms with Crippen molar-refractivity contribution in [3.8, 4) is 11.5 Å². The Labute approximate surface area is 255 Å². The number of esters is 1. The van der Waals surface area contributed by atoms with Crippen molar-refractivity contribution < 1.29 is 23.8 Å². The average Bonchev–Trinajstić information content (AvgIpc) is 3.63. The third kappa shape index (κ3) is 4.62. The molecule has 0 fully saturated rings. The first kappa shape index (κ1) is 27.8. The Bertz CT molecular complexity index is 2130. The van der Waals surface area contributed by atoms with Gasteiger partial charge in [-0.3, -0.25) is 19.4 Å². The van der Waals surface area contributed by atoms with Crippen LogP contribution in [0.3, 0.4) is 0 Å². The molecular formula is C32H29N5O6S. The van der Waals surface area contributed by atoms with Gasteiger partial charge in [0.1, 0.15) is 21.8 Å². The molecule has 0 saturated heterocycles. The summed E-state index contributed by atoms with van der Waals surface area (Å²) in [6, 6.07) is 10.5. The first-order chi connectivity index (χ1) is 21.3. The molecule has 1 aromatic carbocycles. The van der Waals surface area contributed by atoms with Crippen molar-refractivity contribution in [2.45, 2.75) is 46.1 Å². The number of fused-ring (bicyclic) bond motifs is 4. The number of nitrogens with zero attached hydrogens (tertiary/aromatic N) is 3. The Morgan fingerprint density at radius 2 is 1.93 bits per heavy atom. The number of hydrogen-bond donors (Lipinski definition) is 2. The molecule has 7 rings (SSSR count). The Kier molecular flexibility index (Phi) is 6.92. The van der Waals surface area contributed by atoms with Crippen LogP contribution >= 0.6 is 11.3 Å². The summed E-state index contributed by atoms with van der Waals surface area (Å²) in [4.78, 5) is 46.7. The van der Waals surface area contributed by atoms with Crippen LogP contribution in [0.2, 0.25) is 0 Å². The lowest BCUT2D eigenvalue weighted by atomic mass is 9.95. The zero-order valence-corrected chi connectivity index (χ0v) is 25.0. The monoisotopic (exact) mass is 611 g/mol. The maximum Gasteiger partial charge on any atom is 0.341 e. The summed E-state index contributed by atoms with van der Waals surface area (Å²) >= 11 is 1.37. The van der Waals surface area contributed by atoms with Crippen LogP contribution in [0, 0.1) is 12.3 Å². The predicted molar refractivity (Wildman–Crippen MR) is 164 cm³/mol. The van der Waals surface area contributed by atoms with Crippen LogP contribution in [-0.2, 0) is 24.1 Å². The van der Waals surface area contributed by atoms with Crippen molar-refractivity contribution in [3.05, 3.63) is 91.1 Å². The minimum absolute atomic E-state index is 0.0223. The van der Waals surface area contributed by atoms with E-state index in [1.54, 1.807) is 29.8 Å². The lowest BCUT2D eigenvalue weighted by Crippen LogP contribution is -2.32. The number of amides is 1. The van der Waals surface area contributed by atoms with Gasteiger partial charge >= 0.3 is 5.97 Å². The Morgan fingerprint density at radius 1 is 1.11 bits per heavy atom. The van der Waals surface area contributed by atoms with Crippen LogP contribution < -0.4 is 25.8 Å². The molecule has 0 atom stereocenters. The number of aryl methyl sites for hydroxylation is 2. The lowest BCUT2D eigenvalue weighted by Gasteiger charge is -2.16. The second-order valence-corrected chi connectivity index (χ2v) is 11.9. The van der Waals surface area contributed by atoms with Crippen molar-refractivity contribution >= 4 is 44.9 Å². The quantitative estimate of drug-likeness (QED) is 0.212. The fourth-order valence-corrected chi connectivity index (χ4v) is 7.16. The lowest BCUT2D eigenvalue weighted by molar-refractivity contribution is 0.0526. The number of rotatable bonds is 6. The molecule has 1 aliphatic carbocycles. The van der Waals surface area contributed by atoms with Gasteiger partial charge in [0.2, 0.25) is 6.79 Å². The standard InChI is InChI=1S/C32H29N5O6S/c1-3-41-32(40)25-19-8-4-5-9-24(19)44-30(25)35-29(38)20-14-21-28(34-27-17(2)7-6-12-36(27)31(21)39)37(26(20)33)15-18-10-11-22-23(13-18)43-16-42-22/h6-7,10-14,33H,3-5,8-9,15-16H2,1-2H3,(H,35,38). The minimum atomic E-state index is -0.603. The number of carbonyl (C=O) groups is 2. The normalized spacial score (nSPS) is 13.7. The van der Waals surface area contributed by atoms with E-state index >= 15 is 0 Å². The fourth-order valence-electron chi connectivity index (χ4n) is 5.89. The van der Waals surface area contributed by atoms with Crippen molar-refractivity contribution in [2.24, 2.45) is 0 Å². The first-order valence-electron chi connectivity index (χ1n) is 14.5.